The number of hydrogen-bond donors (Lipinski definition) is 1. The molecule has 1 unspecified atom stereocenters. The van der Waals surface area contributed by atoms with Gasteiger partial charge in [0.05, 0.1) is 9.40 Å². The van der Waals surface area contributed by atoms with Crippen LogP contribution in [0.3, 0.4) is 0 Å². The number of hydrogen-bond acceptors (Lipinski definition) is 3. The summed E-state index contributed by atoms with van der Waals surface area (Å²) >= 11 is 3.20. The lowest BCUT2D eigenvalue weighted by Crippen LogP contribution is -2.30. The van der Waals surface area contributed by atoms with Crippen molar-refractivity contribution < 1.29 is 4.92 Å². The van der Waals surface area contributed by atoms with Crippen molar-refractivity contribution in [2.24, 2.45) is 5.41 Å². The van der Waals surface area contributed by atoms with Gasteiger partial charge < -0.3 is 5.32 Å². The Bertz CT molecular complexity index is 474. The van der Waals surface area contributed by atoms with Crippen LogP contribution in [0.25, 0.3) is 0 Å². The molecule has 5 heteroatoms. The summed E-state index contributed by atoms with van der Waals surface area (Å²) in [5.74, 6) is 0. The topological polar surface area (TPSA) is 55.2 Å². The number of halogens is 1. The molecule has 4 nitrogen and oxygen atoms in total. The average molecular weight is 313 g/mol. The monoisotopic (exact) mass is 312 g/mol. The summed E-state index contributed by atoms with van der Waals surface area (Å²) in [5, 5.41) is 14.3. The Morgan fingerprint density at radius 3 is 2.78 bits per heavy atom. The van der Waals surface area contributed by atoms with Crippen molar-refractivity contribution >= 4 is 27.3 Å². The molecule has 1 aromatic carbocycles. The van der Waals surface area contributed by atoms with Crippen LogP contribution in [-0.4, -0.2) is 11.0 Å². The molecule has 1 aliphatic rings. The summed E-state index contributed by atoms with van der Waals surface area (Å²) in [6, 6.07) is 5.59. The summed E-state index contributed by atoms with van der Waals surface area (Å²) in [6.45, 7) is 4.48. The van der Waals surface area contributed by atoms with Crippen LogP contribution >= 0.6 is 15.9 Å². The minimum absolute atomic E-state index is 0.107. The Labute approximate surface area is 115 Å². The third-order valence-electron chi connectivity index (χ3n) is 3.74. The van der Waals surface area contributed by atoms with Gasteiger partial charge in [-0.15, -0.1) is 0 Å². The fraction of sp³-hybridized carbons (Fsp3) is 0.538. The summed E-state index contributed by atoms with van der Waals surface area (Å²) in [6.07, 6.45) is 3.53. The fourth-order valence-electron chi connectivity index (χ4n) is 2.54. The molecule has 18 heavy (non-hydrogen) atoms. The maximum Gasteiger partial charge on any atom is 0.285 e. The number of nitro benzene ring substituents is 1. The maximum absolute atomic E-state index is 10.9. The van der Waals surface area contributed by atoms with Crippen molar-refractivity contribution in [3.8, 4) is 0 Å². The number of benzene rings is 1. The number of nitrogens with one attached hydrogen (secondary N) is 1. The van der Waals surface area contributed by atoms with Gasteiger partial charge >= 0.3 is 0 Å². The second-order valence-corrected chi connectivity index (χ2v) is 6.36. The third kappa shape index (κ3) is 2.66. The molecule has 1 N–H and O–H groups in total. The molecule has 1 saturated carbocycles. The van der Waals surface area contributed by atoms with Gasteiger partial charge in [0.2, 0.25) is 0 Å². The SMILES string of the molecule is CC1(C)CCCC1Nc1ccc(Br)c([N+](=O)[O-])c1. The highest BCUT2D eigenvalue weighted by Gasteiger charge is 2.34. The normalized spacial score (nSPS) is 21.8. The van der Waals surface area contributed by atoms with E-state index < -0.39 is 0 Å². The molecule has 2 rings (SSSR count). The van der Waals surface area contributed by atoms with Crippen LogP contribution in [-0.2, 0) is 0 Å². The van der Waals surface area contributed by atoms with Crippen molar-refractivity contribution in [3.05, 3.63) is 32.8 Å². The van der Waals surface area contributed by atoms with E-state index in [9.17, 15) is 10.1 Å². The highest BCUT2D eigenvalue weighted by atomic mass is 79.9. The van der Waals surface area contributed by atoms with Crippen LogP contribution < -0.4 is 5.32 Å². The highest BCUT2D eigenvalue weighted by molar-refractivity contribution is 9.10. The van der Waals surface area contributed by atoms with Gasteiger partial charge in [-0.2, -0.15) is 0 Å². The molecule has 0 heterocycles. The van der Waals surface area contributed by atoms with E-state index in [-0.39, 0.29) is 16.0 Å². The van der Waals surface area contributed by atoms with Crippen LogP contribution in [0.15, 0.2) is 22.7 Å². The zero-order chi connectivity index (χ0) is 13.3. The Morgan fingerprint density at radius 2 is 2.22 bits per heavy atom. The minimum Gasteiger partial charge on any atom is -0.382 e. The lowest BCUT2D eigenvalue weighted by atomic mass is 9.87. The lowest BCUT2D eigenvalue weighted by molar-refractivity contribution is -0.385. The van der Waals surface area contributed by atoms with Gasteiger partial charge in [-0.05, 0) is 46.3 Å². The van der Waals surface area contributed by atoms with E-state index in [1.165, 1.54) is 12.8 Å². The van der Waals surface area contributed by atoms with Crippen molar-refractivity contribution in [2.75, 3.05) is 5.32 Å². The molecule has 1 aliphatic carbocycles. The third-order valence-corrected chi connectivity index (χ3v) is 4.41. The molecule has 0 aliphatic heterocycles. The number of anilines is 1. The first-order valence-electron chi connectivity index (χ1n) is 6.10. The van der Waals surface area contributed by atoms with Crippen molar-refractivity contribution in [2.45, 2.75) is 39.2 Å². The molecule has 0 bridgehead atoms. The van der Waals surface area contributed by atoms with Crippen molar-refractivity contribution in [3.63, 3.8) is 0 Å². The van der Waals surface area contributed by atoms with E-state index >= 15 is 0 Å². The van der Waals surface area contributed by atoms with Gasteiger partial charge in [0.15, 0.2) is 0 Å². The molecule has 0 radical (unpaired) electrons. The summed E-state index contributed by atoms with van der Waals surface area (Å²) < 4.78 is 0.517. The number of nitrogens with zero attached hydrogens (tertiary/aromatic N) is 1. The van der Waals surface area contributed by atoms with E-state index in [1.54, 1.807) is 12.1 Å². The Hall–Kier alpha value is -1.10. The average Bonchev–Trinajstić information content (AvgIpc) is 2.60. The van der Waals surface area contributed by atoms with Gasteiger partial charge in [-0.1, -0.05) is 20.3 Å². The van der Waals surface area contributed by atoms with Crippen LogP contribution in [0.4, 0.5) is 11.4 Å². The standard InChI is InChI=1S/C13H17BrN2O2/c1-13(2)7-3-4-12(13)15-9-5-6-10(14)11(8-9)16(17)18/h5-6,8,12,15H,3-4,7H2,1-2H3. The van der Waals surface area contributed by atoms with Crippen LogP contribution in [0.1, 0.15) is 33.1 Å². The second kappa shape index (κ2) is 4.88. The Morgan fingerprint density at radius 1 is 1.50 bits per heavy atom. The molecular formula is C13H17BrN2O2. The van der Waals surface area contributed by atoms with Gasteiger partial charge in [0.1, 0.15) is 0 Å². The van der Waals surface area contributed by atoms with Crippen molar-refractivity contribution in [1.82, 2.24) is 0 Å². The molecule has 0 saturated heterocycles. The second-order valence-electron chi connectivity index (χ2n) is 5.50. The molecule has 1 atom stereocenters. The predicted octanol–water partition coefficient (Wildman–Crippen LogP) is 4.35. The smallest absolute Gasteiger partial charge is 0.285 e. The first kappa shape index (κ1) is 13.3. The molecule has 98 valence electrons. The van der Waals surface area contributed by atoms with E-state index in [2.05, 4.69) is 35.1 Å². The summed E-state index contributed by atoms with van der Waals surface area (Å²) in [4.78, 5) is 10.5. The van der Waals surface area contributed by atoms with Gasteiger partial charge in [-0.3, -0.25) is 10.1 Å². The number of nitro groups is 1. The Kier molecular flexibility index (Phi) is 3.61. The summed E-state index contributed by atoms with van der Waals surface area (Å²) in [7, 11) is 0. The van der Waals surface area contributed by atoms with Crippen LogP contribution in [0.5, 0.6) is 0 Å². The molecule has 0 amide bonds. The molecule has 0 spiro atoms. The van der Waals surface area contributed by atoms with Crippen molar-refractivity contribution in [1.29, 1.82) is 0 Å². The van der Waals surface area contributed by atoms with E-state index in [4.69, 9.17) is 0 Å². The van der Waals surface area contributed by atoms with Crippen LogP contribution in [0, 0.1) is 15.5 Å². The Balaban J connectivity index is 2.20. The fourth-order valence-corrected chi connectivity index (χ4v) is 2.93. The lowest BCUT2D eigenvalue weighted by Gasteiger charge is -2.28. The summed E-state index contributed by atoms with van der Waals surface area (Å²) in [5.41, 5.74) is 1.18. The minimum atomic E-state index is -0.366. The maximum atomic E-state index is 10.9. The largest absolute Gasteiger partial charge is 0.382 e. The quantitative estimate of drug-likeness (QED) is 0.667. The zero-order valence-corrected chi connectivity index (χ0v) is 12.2. The van der Waals surface area contributed by atoms with Crippen LogP contribution in [0.2, 0.25) is 0 Å². The number of rotatable bonds is 3. The van der Waals surface area contributed by atoms with E-state index in [0.29, 0.717) is 10.5 Å². The van der Waals surface area contributed by atoms with E-state index in [1.807, 2.05) is 6.07 Å². The highest BCUT2D eigenvalue weighted by Crippen LogP contribution is 2.39. The van der Waals surface area contributed by atoms with E-state index in [0.717, 1.165) is 12.1 Å². The van der Waals surface area contributed by atoms with Gasteiger partial charge in [0, 0.05) is 17.8 Å². The predicted molar refractivity (Wildman–Crippen MR) is 75.8 cm³/mol. The molecular weight excluding hydrogens is 296 g/mol. The molecule has 1 fully saturated rings. The van der Waals surface area contributed by atoms with Gasteiger partial charge in [-0.25, -0.2) is 0 Å². The first-order valence-corrected chi connectivity index (χ1v) is 6.90. The first-order chi connectivity index (χ1) is 8.40. The zero-order valence-electron chi connectivity index (χ0n) is 10.6. The molecule has 0 aromatic heterocycles. The van der Waals surface area contributed by atoms with Gasteiger partial charge in [0.25, 0.3) is 5.69 Å². The molecule has 1 aromatic rings.